The number of methoxy groups -OCH3 is 2. The average Bonchev–Trinajstić information content (AvgIpc) is 2.61. The van der Waals surface area contributed by atoms with Gasteiger partial charge in [0.15, 0.2) is 0 Å². The molecule has 0 heterocycles. The maximum absolute atomic E-state index is 12.3. The van der Waals surface area contributed by atoms with E-state index < -0.39 is 0 Å². The van der Waals surface area contributed by atoms with E-state index in [4.69, 9.17) is 21.1 Å². The normalized spacial score (nSPS) is 10.2. The van der Waals surface area contributed by atoms with Gasteiger partial charge in [0.05, 0.1) is 19.2 Å². The van der Waals surface area contributed by atoms with Crippen molar-refractivity contribution in [3.8, 4) is 11.5 Å². The largest absolute Gasteiger partial charge is 0.496 e. The maximum atomic E-state index is 12.3. The minimum atomic E-state index is -0.323. The van der Waals surface area contributed by atoms with Crippen molar-refractivity contribution in [1.82, 2.24) is 4.90 Å². The number of para-hydroxylation sites is 1. The Morgan fingerprint density at radius 2 is 1.77 bits per heavy atom. The number of benzene rings is 2. The van der Waals surface area contributed by atoms with E-state index in [-0.39, 0.29) is 24.9 Å². The van der Waals surface area contributed by atoms with Gasteiger partial charge in [0.2, 0.25) is 11.8 Å². The SMILES string of the molecule is COc1ccc(NC(=O)CN(Cc2ccccc2OC)C(C)=O)cc1Cl. The van der Waals surface area contributed by atoms with Crippen LogP contribution < -0.4 is 14.8 Å². The summed E-state index contributed by atoms with van der Waals surface area (Å²) in [5, 5.41) is 3.12. The number of amides is 2. The van der Waals surface area contributed by atoms with Crippen molar-refractivity contribution >= 4 is 29.1 Å². The third-order valence-corrected chi connectivity index (χ3v) is 4.06. The van der Waals surface area contributed by atoms with Gasteiger partial charge in [-0.2, -0.15) is 0 Å². The van der Waals surface area contributed by atoms with E-state index >= 15 is 0 Å². The fraction of sp³-hybridized carbons (Fsp3) is 0.263. The van der Waals surface area contributed by atoms with Crippen LogP contribution in [0.1, 0.15) is 12.5 Å². The molecule has 0 aliphatic rings. The van der Waals surface area contributed by atoms with Crippen LogP contribution in [0.5, 0.6) is 11.5 Å². The first kappa shape index (κ1) is 19.6. The highest BCUT2D eigenvalue weighted by molar-refractivity contribution is 6.32. The number of nitrogens with zero attached hydrogens (tertiary/aromatic N) is 1. The number of hydrogen-bond donors (Lipinski definition) is 1. The van der Waals surface area contributed by atoms with Gasteiger partial charge in [-0.1, -0.05) is 29.8 Å². The Morgan fingerprint density at radius 1 is 1.08 bits per heavy atom. The molecule has 0 saturated carbocycles. The first-order chi connectivity index (χ1) is 12.4. The summed E-state index contributed by atoms with van der Waals surface area (Å²) in [6.45, 7) is 1.61. The van der Waals surface area contributed by atoms with Crippen LogP contribution in [0.15, 0.2) is 42.5 Å². The van der Waals surface area contributed by atoms with Gasteiger partial charge >= 0.3 is 0 Å². The van der Waals surface area contributed by atoms with Gasteiger partial charge in [-0.3, -0.25) is 9.59 Å². The molecular formula is C19H21ClN2O4. The lowest BCUT2D eigenvalue weighted by Crippen LogP contribution is -2.36. The highest BCUT2D eigenvalue weighted by Crippen LogP contribution is 2.27. The molecule has 6 nitrogen and oxygen atoms in total. The van der Waals surface area contributed by atoms with Crippen LogP contribution in [0.2, 0.25) is 5.02 Å². The quantitative estimate of drug-likeness (QED) is 0.804. The summed E-state index contributed by atoms with van der Waals surface area (Å²) in [5.41, 5.74) is 1.35. The van der Waals surface area contributed by atoms with Gasteiger partial charge < -0.3 is 19.7 Å². The van der Waals surface area contributed by atoms with Crippen molar-refractivity contribution in [2.24, 2.45) is 0 Å². The summed E-state index contributed by atoms with van der Waals surface area (Å²) in [6, 6.07) is 12.3. The Kier molecular flexibility index (Phi) is 6.86. The first-order valence-electron chi connectivity index (χ1n) is 7.95. The van der Waals surface area contributed by atoms with Gasteiger partial charge in [0, 0.05) is 24.7 Å². The summed E-state index contributed by atoms with van der Waals surface area (Å²) in [7, 11) is 3.08. The second kappa shape index (κ2) is 9.10. The van der Waals surface area contributed by atoms with Gasteiger partial charge in [-0.25, -0.2) is 0 Å². The Morgan fingerprint density at radius 3 is 2.38 bits per heavy atom. The molecule has 0 atom stereocenters. The molecule has 2 amide bonds. The molecule has 2 aromatic rings. The van der Waals surface area contributed by atoms with Crippen LogP contribution in [0, 0.1) is 0 Å². The van der Waals surface area contributed by atoms with Gasteiger partial charge in [0.25, 0.3) is 0 Å². The van der Waals surface area contributed by atoms with E-state index in [1.54, 1.807) is 25.3 Å². The molecule has 2 aromatic carbocycles. The highest BCUT2D eigenvalue weighted by atomic mass is 35.5. The molecule has 0 aromatic heterocycles. The molecule has 26 heavy (non-hydrogen) atoms. The Bertz CT molecular complexity index is 795. The number of anilines is 1. The number of nitrogens with one attached hydrogen (secondary N) is 1. The lowest BCUT2D eigenvalue weighted by molar-refractivity contribution is -0.133. The average molecular weight is 377 g/mol. The molecular weight excluding hydrogens is 356 g/mol. The summed E-state index contributed by atoms with van der Waals surface area (Å²) in [4.78, 5) is 25.7. The van der Waals surface area contributed by atoms with Crippen molar-refractivity contribution in [2.45, 2.75) is 13.5 Å². The highest BCUT2D eigenvalue weighted by Gasteiger charge is 2.16. The molecule has 0 unspecified atom stereocenters. The van der Waals surface area contributed by atoms with Gasteiger partial charge in [0.1, 0.15) is 18.0 Å². The predicted molar refractivity (Wildman–Crippen MR) is 101 cm³/mol. The molecule has 7 heteroatoms. The number of halogens is 1. The third-order valence-electron chi connectivity index (χ3n) is 3.77. The van der Waals surface area contributed by atoms with Crippen LogP contribution in [-0.2, 0) is 16.1 Å². The summed E-state index contributed by atoms with van der Waals surface area (Å²) >= 11 is 6.06. The van der Waals surface area contributed by atoms with Crippen LogP contribution >= 0.6 is 11.6 Å². The van der Waals surface area contributed by atoms with E-state index in [0.29, 0.717) is 22.2 Å². The second-order valence-corrected chi connectivity index (χ2v) is 5.99. The smallest absolute Gasteiger partial charge is 0.244 e. The van der Waals surface area contributed by atoms with Crippen molar-refractivity contribution in [3.05, 3.63) is 53.1 Å². The van der Waals surface area contributed by atoms with Crippen molar-refractivity contribution in [1.29, 1.82) is 0 Å². The fourth-order valence-electron chi connectivity index (χ4n) is 2.44. The van der Waals surface area contributed by atoms with Crippen LogP contribution in [0.4, 0.5) is 5.69 Å². The fourth-order valence-corrected chi connectivity index (χ4v) is 2.69. The summed E-state index contributed by atoms with van der Waals surface area (Å²) < 4.78 is 10.4. The number of carbonyl (C=O) groups is 2. The first-order valence-corrected chi connectivity index (χ1v) is 8.33. The molecule has 0 aliphatic heterocycles. The predicted octanol–water partition coefficient (Wildman–Crippen LogP) is 3.34. The molecule has 0 spiro atoms. The zero-order chi connectivity index (χ0) is 19.1. The van der Waals surface area contributed by atoms with Crippen molar-refractivity contribution < 1.29 is 19.1 Å². The number of ether oxygens (including phenoxy) is 2. The molecule has 0 radical (unpaired) electrons. The van der Waals surface area contributed by atoms with E-state index in [0.717, 1.165) is 5.56 Å². The third kappa shape index (κ3) is 5.13. The molecule has 1 N–H and O–H groups in total. The van der Waals surface area contributed by atoms with Gasteiger partial charge in [-0.05, 0) is 24.3 Å². The topological polar surface area (TPSA) is 67.9 Å². The van der Waals surface area contributed by atoms with Crippen molar-refractivity contribution in [3.63, 3.8) is 0 Å². The molecule has 0 saturated heterocycles. The molecule has 0 aliphatic carbocycles. The lowest BCUT2D eigenvalue weighted by Gasteiger charge is -2.22. The van der Waals surface area contributed by atoms with E-state index in [1.807, 2.05) is 24.3 Å². The minimum Gasteiger partial charge on any atom is -0.496 e. The molecule has 0 bridgehead atoms. The number of carbonyl (C=O) groups excluding carboxylic acids is 2. The zero-order valence-corrected chi connectivity index (χ0v) is 15.7. The molecule has 0 fully saturated rings. The van der Waals surface area contributed by atoms with E-state index in [2.05, 4.69) is 5.32 Å². The molecule has 138 valence electrons. The monoisotopic (exact) mass is 376 g/mol. The summed E-state index contributed by atoms with van der Waals surface area (Å²) in [6.07, 6.45) is 0. The van der Waals surface area contributed by atoms with Gasteiger partial charge in [-0.15, -0.1) is 0 Å². The Labute approximate surface area is 157 Å². The van der Waals surface area contributed by atoms with E-state index in [1.165, 1.54) is 18.9 Å². The van der Waals surface area contributed by atoms with Crippen LogP contribution in [0.3, 0.4) is 0 Å². The lowest BCUT2D eigenvalue weighted by atomic mass is 10.2. The second-order valence-electron chi connectivity index (χ2n) is 5.58. The minimum absolute atomic E-state index is 0.0863. The Hall–Kier alpha value is -2.73. The van der Waals surface area contributed by atoms with Crippen LogP contribution in [0.25, 0.3) is 0 Å². The number of rotatable bonds is 7. The maximum Gasteiger partial charge on any atom is 0.244 e. The Balaban J connectivity index is 2.06. The molecule has 2 rings (SSSR count). The zero-order valence-electron chi connectivity index (χ0n) is 14.9. The standard InChI is InChI=1S/C19H21ClN2O4/c1-13(23)22(11-14-6-4-5-7-17(14)25-2)12-19(24)21-15-8-9-18(26-3)16(20)10-15/h4-10H,11-12H2,1-3H3,(H,21,24). The van der Waals surface area contributed by atoms with Crippen molar-refractivity contribution in [2.75, 3.05) is 26.1 Å². The van der Waals surface area contributed by atoms with Crippen LogP contribution in [-0.4, -0.2) is 37.5 Å². The number of hydrogen-bond acceptors (Lipinski definition) is 4. The summed E-state index contributed by atoms with van der Waals surface area (Å²) in [5.74, 6) is 0.655. The van der Waals surface area contributed by atoms with E-state index in [9.17, 15) is 9.59 Å².